The number of hydrogen-bond donors (Lipinski definition) is 1. The molecule has 5 heteroatoms. The normalized spacial score (nSPS) is 10.8. The molecule has 0 heterocycles. The van der Waals surface area contributed by atoms with Crippen molar-refractivity contribution in [2.75, 3.05) is 18.9 Å². The first-order valence-electron chi connectivity index (χ1n) is 6.78. The van der Waals surface area contributed by atoms with Crippen molar-refractivity contribution in [3.63, 3.8) is 0 Å². The van der Waals surface area contributed by atoms with Gasteiger partial charge in [-0.2, -0.15) is 0 Å². The van der Waals surface area contributed by atoms with Gasteiger partial charge in [-0.25, -0.2) is 0 Å². The third-order valence-electron chi connectivity index (χ3n) is 2.49. The molecule has 1 rings (SSSR count). The molecule has 0 fully saturated rings. The molecular formula is C15H22ClNO2S. The van der Waals surface area contributed by atoms with Crippen LogP contribution in [0.4, 0.5) is 0 Å². The van der Waals surface area contributed by atoms with Gasteiger partial charge in [-0.15, -0.1) is 11.8 Å². The lowest BCUT2D eigenvalue weighted by Gasteiger charge is -2.08. The maximum absolute atomic E-state index is 11.6. The minimum Gasteiger partial charge on any atom is -0.379 e. The number of nitrogens with one attached hydrogen (secondary N) is 1. The molecule has 0 aliphatic rings. The van der Waals surface area contributed by atoms with Crippen molar-refractivity contribution < 1.29 is 9.53 Å². The van der Waals surface area contributed by atoms with Crippen LogP contribution in [0.15, 0.2) is 24.3 Å². The van der Waals surface area contributed by atoms with Gasteiger partial charge in [-0.1, -0.05) is 23.7 Å². The first kappa shape index (κ1) is 17.3. The third-order valence-corrected chi connectivity index (χ3v) is 3.72. The van der Waals surface area contributed by atoms with Gasteiger partial charge in [0.2, 0.25) is 5.91 Å². The molecule has 0 unspecified atom stereocenters. The highest BCUT2D eigenvalue weighted by molar-refractivity contribution is 7.99. The summed E-state index contributed by atoms with van der Waals surface area (Å²) in [6.45, 7) is 5.37. The summed E-state index contributed by atoms with van der Waals surface area (Å²) in [6.07, 6.45) is 1.10. The van der Waals surface area contributed by atoms with E-state index in [4.69, 9.17) is 16.3 Å². The van der Waals surface area contributed by atoms with Crippen molar-refractivity contribution in [2.45, 2.75) is 32.1 Å². The van der Waals surface area contributed by atoms with E-state index in [1.165, 1.54) is 0 Å². The van der Waals surface area contributed by atoms with Crippen LogP contribution < -0.4 is 5.32 Å². The number of hydrogen-bond acceptors (Lipinski definition) is 3. The Hall–Kier alpha value is -0.710. The zero-order chi connectivity index (χ0) is 14.8. The van der Waals surface area contributed by atoms with Gasteiger partial charge >= 0.3 is 0 Å². The maximum Gasteiger partial charge on any atom is 0.230 e. The van der Waals surface area contributed by atoms with Crippen LogP contribution in [0.2, 0.25) is 5.02 Å². The first-order valence-corrected chi connectivity index (χ1v) is 8.31. The molecule has 0 spiro atoms. The largest absolute Gasteiger partial charge is 0.379 e. The lowest BCUT2D eigenvalue weighted by Crippen LogP contribution is -2.27. The highest BCUT2D eigenvalue weighted by Gasteiger charge is 2.02. The molecule has 1 amide bonds. The molecule has 1 aromatic rings. The van der Waals surface area contributed by atoms with Crippen LogP contribution in [-0.4, -0.2) is 30.9 Å². The van der Waals surface area contributed by atoms with Gasteiger partial charge in [-0.3, -0.25) is 4.79 Å². The van der Waals surface area contributed by atoms with E-state index in [1.807, 2.05) is 38.1 Å². The molecule has 0 aromatic heterocycles. The van der Waals surface area contributed by atoms with Gasteiger partial charge in [0.1, 0.15) is 0 Å². The topological polar surface area (TPSA) is 38.3 Å². The van der Waals surface area contributed by atoms with Gasteiger partial charge in [0.05, 0.1) is 11.9 Å². The molecule has 1 N–H and O–H groups in total. The third kappa shape index (κ3) is 8.46. The predicted octanol–water partition coefficient (Wildman–Crippen LogP) is 3.50. The summed E-state index contributed by atoms with van der Waals surface area (Å²) in [4.78, 5) is 11.6. The van der Waals surface area contributed by atoms with Gasteiger partial charge in [0, 0.05) is 23.9 Å². The number of halogens is 1. The summed E-state index contributed by atoms with van der Waals surface area (Å²) < 4.78 is 5.40. The van der Waals surface area contributed by atoms with E-state index < -0.39 is 0 Å². The predicted molar refractivity (Wildman–Crippen MR) is 86.3 cm³/mol. The van der Waals surface area contributed by atoms with Crippen LogP contribution in [0.1, 0.15) is 25.8 Å². The van der Waals surface area contributed by atoms with Crippen LogP contribution in [0, 0.1) is 0 Å². The lowest BCUT2D eigenvalue weighted by molar-refractivity contribution is -0.118. The van der Waals surface area contributed by atoms with Crippen molar-refractivity contribution in [3.8, 4) is 0 Å². The van der Waals surface area contributed by atoms with Crippen molar-refractivity contribution in [1.82, 2.24) is 5.32 Å². The van der Waals surface area contributed by atoms with Gasteiger partial charge in [0.15, 0.2) is 0 Å². The lowest BCUT2D eigenvalue weighted by atomic mass is 10.2. The average molecular weight is 316 g/mol. The standard InChI is InChI=1S/C15H22ClNO2S/c1-12(2)19-8-4-7-17-15(18)11-20-10-13-5-3-6-14(16)9-13/h3,5-6,9,12H,4,7-8,10-11H2,1-2H3,(H,17,18). The minimum atomic E-state index is 0.0709. The molecule has 0 aliphatic heterocycles. The SMILES string of the molecule is CC(C)OCCCNC(=O)CSCc1cccc(Cl)c1. The fourth-order valence-corrected chi connectivity index (χ4v) is 2.58. The second kappa shape index (κ2) is 10.1. The van der Waals surface area contributed by atoms with E-state index in [2.05, 4.69) is 5.32 Å². The van der Waals surface area contributed by atoms with Crippen LogP contribution in [0.25, 0.3) is 0 Å². The Kier molecular flexibility index (Phi) is 8.74. The van der Waals surface area contributed by atoms with E-state index in [0.717, 1.165) is 22.8 Å². The van der Waals surface area contributed by atoms with E-state index in [1.54, 1.807) is 11.8 Å². The highest BCUT2D eigenvalue weighted by atomic mass is 35.5. The summed E-state index contributed by atoms with van der Waals surface area (Å²) in [5.41, 5.74) is 1.14. The molecule has 0 aliphatic carbocycles. The molecule has 1 aromatic carbocycles. The Morgan fingerprint density at radius 2 is 2.25 bits per heavy atom. The number of ether oxygens (including phenoxy) is 1. The first-order chi connectivity index (χ1) is 9.58. The number of benzene rings is 1. The Morgan fingerprint density at radius 3 is 2.95 bits per heavy atom. The second-order valence-corrected chi connectivity index (χ2v) is 6.17. The molecule has 0 atom stereocenters. The Morgan fingerprint density at radius 1 is 1.45 bits per heavy atom. The van der Waals surface area contributed by atoms with Crippen LogP contribution >= 0.6 is 23.4 Å². The molecular weight excluding hydrogens is 294 g/mol. The van der Waals surface area contributed by atoms with Crippen LogP contribution in [0.5, 0.6) is 0 Å². The fraction of sp³-hybridized carbons (Fsp3) is 0.533. The fourth-order valence-electron chi connectivity index (χ4n) is 1.56. The highest BCUT2D eigenvalue weighted by Crippen LogP contribution is 2.16. The van der Waals surface area contributed by atoms with Crippen molar-refractivity contribution in [3.05, 3.63) is 34.9 Å². The van der Waals surface area contributed by atoms with Crippen molar-refractivity contribution in [1.29, 1.82) is 0 Å². The Labute approximate surface area is 130 Å². The smallest absolute Gasteiger partial charge is 0.230 e. The minimum absolute atomic E-state index is 0.0709. The summed E-state index contributed by atoms with van der Waals surface area (Å²) in [5, 5.41) is 3.62. The summed E-state index contributed by atoms with van der Waals surface area (Å²) in [6, 6.07) is 7.71. The van der Waals surface area contributed by atoms with E-state index in [-0.39, 0.29) is 12.0 Å². The molecule has 0 bridgehead atoms. The molecule has 0 saturated carbocycles. The number of carbonyl (C=O) groups is 1. The van der Waals surface area contributed by atoms with E-state index in [9.17, 15) is 4.79 Å². The number of thioether (sulfide) groups is 1. The maximum atomic E-state index is 11.6. The van der Waals surface area contributed by atoms with Gasteiger partial charge in [0.25, 0.3) is 0 Å². The van der Waals surface area contributed by atoms with E-state index in [0.29, 0.717) is 18.9 Å². The zero-order valence-electron chi connectivity index (χ0n) is 12.0. The number of amides is 1. The number of rotatable bonds is 9. The Balaban J connectivity index is 2.05. The Bertz CT molecular complexity index is 413. The quantitative estimate of drug-likeness (QED) is 0.709. The average Bonchev–Trinajstić information content (AvgIpc) is 2.38. The zero-order valence-corrected chi connectivity index (χ0v) is 13.6. The van der Waals surface area contributed by atoms with Crippen molar-refractivity contribution in [2.24, 2.45) is 0 Å². The van der Waals surface area contributed by atoms with Crippen molar-refractivity contribution >= 4 is 29.3 Å². The molecule has 112 valence electrons. The molecule has 0 radical (unpaired) electrons. The van der Waals surface area contributed by atoms with E-state index >= 15 is 0 Å². The molecule has 0 saturated heterocycles. The summed E-state index contributed by atoms with van der Waals surface area (Å²) in [5.74, 6) is 1.34. The summed E-state index contributed by atoms with van der Waals surface area (Å²) in [7, 11) is 0. The van der Waals surface area contributed by atoms with Crippen LogP contribution in [-0.2, 0) is 15.3 Å². The second-order valence-electron chi connectivity index (χ2n) is 4.75. The number of carbonyl (C=O) groups excluding carboxylic acids is 1. The molecule has 20 heavy (non-hydrogen) atoms. The van der Waals surface area contributed by atoms with Gasteiger partial charge < -0.3 is 10.1 Å². The monoisotopic (exact) mass is 315 g/mol. The van der Waals surface area contributed by atoms with Gasteiger partial charge in [-0.05, 0) is 38.0 Å². The summed E-state index contributed by atoms with van der Waals surface area (Å²) >= 11 is 7.50. The molecule has 3 nitrogen and oxygen atoms in total. The van der Waals surface area contributed by atoms with Crippen LogP contribution in [0.3, 0.4) is 0 Å².